The van der Waals surface area contributed by atoms with Crippen LogP contribution in [0.15, 0.2) is 73.6 Å². The lowest BCUT2D eigenvalue weighted by Crippen LogP contribution is -2.41. The Balaban J connectivity index is 1.27. The SMILES string of the molecule is C=CC(=O)N1CCC(Oc2cc3c(CCc4ccc(Oc5cccc(C(=O)NC(C)(C)C)c5)cc4F)ncnc3cc2OC)CC1. The van der Waals surface area contributed by atoms with Gasteiger partial charge in [-0.15, -0.1) is 0 Å². The molecule has 0 spiro atoms. The first kappa shape index (κ1) is 32.4. The maximum absolute atomic E-state index is 15.2. The second-order valence-corrected chi connectivity index (χ2v) is 12.3. The Bertz CT molecular complexity index is 1740. The number of nitrogens with one attached hydrogen (secondary N) is 1. The number of piperidine rings is 1. The molecule has 4 aromatic rings. The Labute approximate surface area is 268 Å². The van der Waals surface area contributed by atoms with E-state index in [-0.39, 0.29) is 23.5 Å². The van der Waals surface area contributed by atoms with E-state index in [1.54, 1.807) is 48.4 Å². The molecule has 2 amide bonds. The number of aryl methyl sites for hydroxylation is 2. The molecule has 5 rings (SSSR count). The Morgan fingerprint density at radius 1 is 1.02 bits per heavy atom. The molecule has 10 heteroatoms. The Morgan fingerprint density at radius 2 is 1.78 bits per heavy atom. The molecular weight excluding hydrogens is 587 g/mol. The largest absolute Gasteiger partial charge is 0.493 e. The molecule has 0 atom stereocenters. The Morgan fingerprint density at radius 3 is 2.48 bits per heavy atom. The number of carbonyl (C=O) groups excluding carboxylic acids is 2. The van der Waals surface area contributed by atoms with Gasteiger partial charge in [0.05, 0.1) is 18.3 Å². The molecule has 1 N–H and O–H groups in total. The van der Waals surface area contributed by atoms with Gasteiger partial charge in [-0.1, -0.05) is 18.7 Å². The average Bonchev–Trinajstić information content (AvgIpc) is 3.03. The normalized spacial score (nSPS) is 13.7. The van der Waals surface area contributed by atoms with E-state index in [4.69, 9.17) is 14.2 Å². The van der Waals surface area contributed by atoms with Crippen LogP contribution in [0.4, 0.5) is 4.39 Å². The first-order valence-corrected chi connectivity index (χ1v) is 15.3. The number of ether oxygens (including phenoxy) is 3. The summed E-state index contributed by atoms with van der Waals surface area (Å²) < 4.78 is 33.1. The number of amides is 2. The van der Waals surface area contributed by atoms with Crippen molar-refractivity contribution < 1.29 is 28.2 Å². The summed E-state index contributed by atoms with van der Waals surface area (Å²) in [5.41, 5.74) is 2.06. The molecule has 1 fully saturated rings. The number of aromatic nitrogens is 2. The number of rotatable bonds is 10. The van der Waals surface area contributed by atoms with Gasteiger partial charge in [-0.3, -0.25) is 9.59 Å². The van der Waals surface area contributed by atoms with E-state index in [1.807, 2.05) is 32.9 Å². The number of hydrogen-bond donors (Lipinski definition) is 1. The molecule has 0 radical (unpaired) electrons. The average molecular weight is 627 g/mol. The van der Waals surface area contributed by atoms with Crippen molar-refractivity contribution in [2.45, 2.75) is 58.1 Å². The van der Waals surface area contributed by atoms with Gasteiger partial charge in [-0.2, -0.15) is 0 Å². The highest BCUT2D eigenvalue weighted by atomic mass is 19.1. The van der Waals surface area contributed by atoms with Crippen LogP contribution in [0.25, 0.3) is 10.9 Å². The third-order valence-corrected chi connectivity index (χ3v) is 7.70. The maximum atomic E-state index is 15.2. The molecule has 9 nitrogen and oxygen atoms in total. The fraction of sp³-hybridized carbons (Fsp3) is 0.333. The van der Waals surface area contributed by atoms with Crippen molar-refractivity contribution in [3.63, 3.8) is 0 Å². The molecule has 0 saturated carbocycles. The topological polar surface area (TPSA) is 103 Å². The van der Waals surface area contributed by atoms with Crippen LogP contribution in [0.2, 0.25) is 0 Å². The van der Waals surface area contributed by atoms with E-state index in [1.165, 1.54) is 18.5 Å². The molecule has 1 aromatic heterocycles. The number of carbonyl (C=O) groups is 2. The molecule has 1 aliphatic heterocycles. The highest BCUT2D eigenvalue weighted by Crippen LogP contribution is 2.35. The molecule has 1 aliphatic rings. The standard InChI is InChI=1S/C36H39FN4O5/c1-6-34(42)41-16-14-25(15-17-41)46-33-20-28-30(38-22-39-31(28)21-32(33)44-5)13-11-23-10-12-27(19-29(23)37)45-26-9-7-8-24(18-26)35(43)40-36(2,3)4/h6-10,12,18-22,25H,1,11,13-17H2,2-5H3,(H,40,43). The maximum Gasteiger partial charge on any atom is 0.251 e. The van der Waals surface area contributed by atoms with E-state index in [0.29, 0.717) is 78.4 Å². The van der Waals surface area contributed by atoms with Gasteiger partial charge in [0.2, 0.25) is 5.91 Å². The van der Waals surface area contributed by atoms with Crippen LogP contribution in [0.5, 0.6) is 23.0 Å². The lowest BCUT2D eigenvalue weighted by atomic mass is 10.0. The third kappa shape index (κ3) is 7.99. The Hall–Kier alpha value is -4.99. The van der Waals surface area contributed by atoms with Crippen LogP contribution in [0.3, 0.4) is 0 Å². The van der Waals surface area contributed by atoms with Gasteiger partial charge >= 0.3 is 0 Å². The van der Waals surface area contributed by atoms with Gasteiger partial charge in [0, 0.05) is 54.6 Å². The highest BCUT2D eigenvalue weighted by molar-refractivity contribution is 5.95. The molecule has 240 valence electrons. The van der Waals surface area contributed by atoms with Crippen molar-refractivity contribution in [1.82, 2.24) is 20.2 Å². The summed E-state index contributed by atoms with van der Waals surface area (Å²) in [6, 6.07) is 15.2. The van der Waals surface area contributed by atoms with Crippen molar-refractivity contribution >= 4 is 22.7 Å². The predicted octanol–water partition coefficient (Wildman–Crippen LogP) is 6.44. The monoisotopic (exact) mass is 626 g/mol. The van der Waals surface area contributed by atoms with Gasteiger partial charge < -0.3 is 24.4 Å². The molecular formula is C36H39FN4O5. The zero-order chi connectivity index (χ0) is 32.8. The number of methoxy groups -OCH3 is 1. The molecule has 0 bridgehead atoms. The van der Waals surface area contributed by atoms with Crippen molar-refractivity contribution in [2.75, 3.05) is 20.2 Å². The molecule has 0 aliphatic carbocycles. The van der Waals surface area contributed by atoms with E-state index >= 15 is 4.39 Å². The minimum absolute atomic E-state index is 0.0746. The van der Waals surface area contributed by atoms with E-state index in [2.05, 4.69) is 21.9 Å². The first-order chi connectivity index (χ1) is 22.0. The van der Waals surface area contributed by atoms with E-state index in [9.17, 15) is 9.59 Å². The summed E-state index contributed by atoms with van der Waals surface area (Å²) in [5.74, 6) is 1.21. The molecule has 46 heavy (non-hydrogen) atoms. The molecule has 2 heterocycles. The second kappa shape index (κ2) is 14.0. The summed E-state index contributed by atoms with van der Waals surface area (Å²) >= 11 is 0. The minimum atomic E-state index is -0.399. The highest BCUT2D eigenvalue weighted by Gasteiger charge is 2.24. The van der Waals surface area contributed by atoms with Crippen LogP contribution in [0, 0.1) is 5.82 Å². The molecule has 1 saturated heterocycles. The quantitative estimate of drug-likeness (QED) is 0.202. The summed E-state index contributed by atoms with van der Waals surface area (Å²) in [4.78, 5) is 35.2. The summed E-state index contributed by atoms with van der Waals surface area (Å²) in [5, 5.41) is 3.72. The van der Waals surface area contributed by atoms with Crippen LogP contribution in [-0.2, 0) is 17.6 Å². The van der Waals surface area contributed by atoms with Crippen LogP contribution < -0.4 is 19.5 Å². The number of likely N-dealkylation sites (tertiary alicyclic amines) is 1. The van der Waals surface area contributed by atoms with Gasteiger partial charge in [0.15, 0.2) is 11.5 Å². The lowest BCUT2D eigenvalue weighted by Gasteiger charge is -2.31. The van der Waals surface area contributed by atoms with E-state index < -0.39 is 5.82 Å². The van der Waals surface area contributed by atoms with Crippen LogP contribution in [0.1, 0.15) is 55.2 Å². The minimum Gasteiger partial charge on any atom is -0.493 e. The van der Waals surface area contributed by atoms with Gasteiger partial charge in [0.1, 0.15) is 29.7 Å². The van der Waals surface area contributed by atoms with Crippen LogP contribution in [-0.4, -0.2) is 58.5 Å². The zero-order valence-electron chi connectivity index (χ0n) is 26.6. The van der Waals surface area contributed by atoms with Crippen molar-refractivity contribution in [2.24, 2.45) is 0 Å². The summed E-state index contributed by atoms with van der Waals surface area (Å²) in [7, 11) is 1.58. The first-order valence-electron chi connectivity index (χ1n) is 15.3. The number of benzene rings is 3. The van der Waals surface area contributed by atoms with Crippen molar-refractivity contribution in [1.29, 1.82) is 0 Å². The van der Waals surface area contributed by atoms with Gasteiger partial charge in [-0.05, 0) is 75.6 Å². The fourth-order valence-corrected chi connectivity index (χ4v) is 5.37. The molecule has 0 unspecified atom stereocenters. The number of hydrogen-bond acceptors (Lipinski definition) is 7. The Kier molecular flexibility index (Phi) is 9.84. The summed E-state index contributed by atoms with van der Waals surface area (Å²) in [6.07, 6.45) is 5.00. The predicted molar refractivity (Wildman–Crippen MR) is 174 cm³/mol. The fourth-order valence-electron chi connectivity index (χ4n) is 5.37. The lowest BCUT2D eigenvalue weighted by molar-refractivity contribution is -0.127. The zero-order valence-corrected chi connectivity index (χ0v) is 26.6. The van der Waals surface area contributed by atoms with E-state index in [0.717, 1.165) is 11.1 Å². The van der Waals surface area contributed by atoms with Crippen LogP contribution >= 0.6 is 0 Å². The van der Waals surface area contributed by atoms with Gasteiger partial charge in [-0.25, -0.2) is 14.4 Å². The second-order valence-electron chi connectivity index (χ2n) is 12.3. The molecule has 3 aromatic carbocycles. The number of nitrogens with zero attached hydrogens (tertiary/aromatic N) is 3. The number of halogens is 1. The third-order valence-electron chi connectivity index (χ3n) is 7.70. The smallest absolute Gasteiger partial charge is 0.251 e. The summed E-state index contributed by atoms with van der Waals surface area (Å²) in [6.45, 7) is 10.5. The van der Waals surface area contributed by atoms with Crippen molar-refractivity contribution in [3.05, 3.63) is 96.2 Å². The number of fused-ring (bicyclic) bond motifs is 1. The van der Waals surface area contributed by atoms with Crippen molar-refractivity contribution in [3.8, 4) is 23.0 Å². The van der Waals surface area contributed by atoms with Gasteiger partial charge in [0.25, 0.3) is 5.91 Å².